The molecule has 0 unspecified atom stereocenters. The fraction of sp³-hybridized carbons (Fsp3) is 0.480. The van der Waals surface area contributed by atoms with Gasteiger partial charge >= 0.3 is 12.1 Å². The fourth-order valence-corrected chi connectivity index (χ4v) is 9.64. The average Bonchev–Trinajstić information content (AvgIpc) is 3.30. The van der Waals surface area contributed by atoms with Crippen LogP contribution in [0.5, 0.6) is 46.0 Å². The smallest absolute Gasteiger partial charge is 0.317 e. The highest BCUT2D eigenvalue weighted by Crippen LogP contribution is 2.57. The molecule has 0 radical (unpaired) electrons. The molecule has 0 fully saturated rings. The maximum Gasteiger partial charge on any atom is 0.317 e. The molecule has 2 atom stereocenters. The molecule has 13 nitrogen and oxygen atoms in total. The predicted molar refractivity (Wildman–Crippen MR) is 244 cm³/mol. The number of ether oxygens (including phenoxy) is 5. The lowest BCUT2D eigenvalue weighted by Gasteiger charge is -2.40. The molecule has 4 aromatic carbocycles. The van der Waals surface area contributed by atoms with E-state index in [2.05, 4.69) is 72.4 Å². The number of carbonyl (C=O) groups excluding carboxylic acids is 2. The van der Waals surface area contributed by atoms with E-state index < -0.39 is 0 Å². The molecule has 13 heteroatoms. The molecule has 5 heterocycles. The average molecular weight is 861 g/mol. The first kappa shape index (κ1) is 44.0. The van der Waals surface area contributed by atoms with Crippen LogP contribution >= 0.6 is 0 Å². The number of fused-ring (bicyclic) bond motifs is 2. The number of hydrogen-bond acceptors (Lipinski definition) is 9. The minimum absolute atomic E-state index is 0.0919. The molecule has 2 N–H and O–H groups in total. The van der Waals surface area contributed by atoms with Gasteiger partial charge in [-0.3, -0.25) is 0 Å². The molecule has 5 aliphatic heterocycles. The number of urea groups is 2. The van der Waals surface area contributed by atoms with Crippen molar-refractivity contribution < 1.29 is 33.3 Å². The van der Waals surface area contributed by atoms with Gasteiger partial charge in [-0.15, -0.1) is 0 Å². The van der Waals surface area contributed by atoms with E-state index in [0.29, 0.717) is 97.9 Å². The SMILES string of the molecule is CCN(CC)CCCNC(=O)N1CCc2cc3c4cc2[C@@H]1Cc1ccc(OC)c(c1)Oc1ccc(cc1)C[C@H]1c2c(cc(OC)c(c2O4)O3)CCN1C(=O)NCCCN(CC)CC. The van der Waals surface area contributed by atoms with Crippen LogP contribution < -0.4 is 34.3 Å². The van der Waals surface area contributed by atoms with Crippen molar-refractivity contribution in [1.29, 1.82) is 0 Å². The van der Waals surface area contributed by atoms with E-state index in [4.69, 9.17) is 23.7 Å². The third-order valence-corrected chi connectivity index (χ3v) is 13.3. The molecule has 63 heavy (non-hydrogen) atoms. The second-order valence-electron chi connectivity index (χ2n) is 16.8. The second-order valence-corrected chi connectivity index (χ2v) is 16.8. The van der Waals surface area contributed by atoms with E-state index in [1.807, 2.05) is 46.2 Å². The third kappa shape index (κ3) is 9.36. The Balaban J connectivity index is 1.20. The van der Waals surface area contributed by atoms with E-state index in [1.165, 1.54) is 0 Å². The van der Waals surface area contributed by atoms with Gasteiger partial charge in [0.2, 0.25) is 5.75 Å². The van der Waals surface area contributed by atoms with Crippen LogP contribution in [0.4, 0.5) is 9.59 Å². The van der Waals surface area contributed by atoms with Crippen molar-refractivity contribution in [3.63, 3.8) is 0 Å². The van der Waals surface area contributed by atoms with Crippen molar-refractivity contribution in [2.24, 2.45) is 0 Å². The van der Waals surface area contributed by atoms with Gasteiger partial charge in [-0.05, 0) is 148 Å². The Morgan fingerprint density at radius 3 is 1.84 bits per heavy atom. The normalized spacial score (nSPS) is 17.1. The van der Waals surface area contributed by atoms with Crippen LogP contribution in [-0.2, 0) is 25.7 Å². The molecule has 336 valence electrons. The van der Waals surface area contributed by atoms with E-state index in [1.54, 1.807) is 14.2 Å². The van der Waals surface area contributed by atoms with Crippen molar-refractivity contribution >= 4 is 12.1 Å². The molecule has 0 aliphatic carbocycles. The number of benzene rings is 4. The highest BCUT2D eigenvalue weighted by atomic mass is 16.6. The van der Waals surface area contributed by atoms with Gasteiger partial charge in [0.1, 0.15) is 5.75 Å². The molecule has 5 aliphatic rings. The van der Waals surface area contributed by atoms with E-state index >= 15 is 0 Å². The van der Waals surface area contributed by atoms with Gasteiger partial charge in [-0.25, -0.2) is 9.59 Å². The van der Waals surface area contributed by atoms with Crippen LogP contribution in [-0.4, -0.2) is 111 Å². The van der Waals surface area contributed by atoms with Gasteiger partial charge in [0.05, 0.1) is 26.3 Å². The van der Waals surface area contributed by atoms with Gasteiger partial charge < -0.3 is 53.9 Å². The van der Waals surface area contributed by atoms with Crippen molar-refractivity contribution in [1.82, 2.24) is 30.2 Å². The molecule has 4 aromatic rings. The molecule has 0 spiro atoms. The van der Waals surface area contributed by atoms with E-state index in [0.717, 1.165) is 85.5 Å². The zero-order chi connectivity index (χ0) is 44.0. The summed E-state index contributed by atoms with van der Waals surface area (Å²) in [6.07, 6.45) is 4.05. The summed E-state index contributed by atoms with van der Waals surface area (Å²) in [7, 11) is 3.29. The summed E-state index contributed by atoms with van der Waals surface area (Å²) >= 11 is 0. The number of nitrogens with one attached hydrogen (secondary N) is 2. The minimum atomic E-state index is -0.380. The van der Waals surface area contributed by atoms with E-state index in [9.17, 15) is 9.59 Å². The van der Waals surface area contributed by atoms with Crippen molar-refractivity contribution in [3.8, 4) is 46.0 Å². The molecular weight excluding hydrogens is 797 g/mol. The van der Waals surface area contributed by atoms with Gasteiger partial charge in [0.15, 0.2) is 34.5 Å². The lowest BCUT2D eigenvalue weighted by Crippen LogP contribution is -2.47. The standard InChI is InChI=1S/C50H64N6O7/c1-7-53(8-2)23-11-21-51-49(57)55-25-19-35-30-43-44-32-38(35)39(55)28-34-15-18-41(59-5)42(29-34)61-37-16-13-33(14-17-37)27-40-46-36(31-45(60-6)47(62-43)48(46)63-44)20-26-56(40)50(58)52-22-12-24-54(9-3)10-4/h13-18,29-32,39-40H,7-12,19-28H2,1-6H3,(H,51,57)(H,52,58)/t39-,40-/m0/s1. The molecule has 4 amide bonds. The quantitative estimate of drug-likeness (QED) is 0.106. The van der Waals surface area contributed by atoms with Gasteiger partial charge in [-0.2, -0.15) is 0 Å². The number of rotatable bonds is 14. The number of nitrogens with zero attached hydrogens (tertiary/aromatic N) is 4. The molecule has 0 saturated carbocycles. The molecule has 7 bridgehead atoms. The van der Waals surface area contributed by atoms with Gasteiger partial charge in [-0.1, -0.05) is 45.9 Å². The van der Waals surface area contributed by atoms with E-state index in [-0.39, 0.29) is 24.1 Å². The molecule has 9 rings (SSSR count). The molecular formula is C50H64N6O7. The Hall–Kier alpha value is -5.66. The first-order chi connectivity index (χ1) is 30.7. The summed E-state index contributed by atoms with van der Waals surface area (Å²) in [6, 6.07) is 19.3. The fourth-order valence-electron chi connectivity index (χ4n) is 9.64. The Kier molecular flexibility index (Phi) is 13.8. The summed E-state index contributed by atoms with van der Waals surface area (Å²) in [5.74, 6) is 4.64. The predicted octanol–water partition coefficient (Wildman–Crippen LogP) is 8.87. The molecule has 0 saturated heterocycles. The van der Waals surface area contributed by atoms with Crippen LogP contribution in [0.1, 0.15) is 86.0 Å². The summed E-state index contributed by atoms with van der Waals surface area (Å²) in [5, 5.41) is 6.49. The summed E-state index contributed by atoms with van der Waals surface area (Å²) in [6.45, 7) is 16.7. The van der Waals surface area contributed by atoms with Gasteiger partial charge in [0, 0.05) is 31.7 Å². The highest BCUT2D eigenvalue weighted by molar-refractivity contribution is 5.77. The Morgan fingerprint density at radius 2 is 1.21 bits per heavy atom. The summed E-state index contributed by atoms with van der Waals surface area (Å²) < 4.78 is 32.2. The Labute approximate surface area is 372 Å². The minimum Gasteiger partial charge on any atom is -0.493 e. The monoisotopic (exact) mass is 860 g/mol. The number of methoxy groups -OCH3 is 2. The number of carbonyl (C=O) groups is 2. The van der Waals surface area contributed by atoms with Crippen LogP contribution in [0.2, 0.25) is 0 Å². The largest absolute Gasteiger partial charge is 0.493 e. The zero-order valence-corrected chi connectivity index (χ0v) is 37.9. The Bertz CT molecular complexity index is 2260. The van der Waals surface area contributed by atoms with Crippen molar-refractivity contribution in [3.05, 3.63) is 94.0 Å². The van der Waals surface area contributed by atoms with Crippen LogP contribution in [0.3, 0.4) is 0 Å². The van der Waals surface area contributed by atoms with Gasteiger partial charge in [0.25, 0.3) is 0 Å². The van der Waals surface area contributed by atoms with Crippen LogP contribution in [0, 0.1) is 0 Å². The topological polar surface area (TPSA) is 117 Å². The van der Waals surface area contributed by atoms with Crippen molar-refractivity contribution in [2.45, 2.75) is 78.3 Å². The molecule has 0 aromatic heterocycles. The second kappa shape index (κ2) is 19.8. The third-order valence-electron chi connectivity index (χ3n) is 13.3. The maximum absolute atomic E-state index is 14.3. The summed E-state index contributed by atoms with van der Waals surface area (Å²) in [5.41, 5.74) is 6.07. The first-order valence-corrected chi connectivity index (χ1v) is 23.0. The van der Waals surface area contributed by atoms with Crippen LogP contribution in [0.25, 0.3) is 0 Å². The number of hydrogen-bond donors (Lipinski definition) is 2. The highest BCUT2D eigenvalue weighted by Gasteiger charge is 2.40. The van der Waals surface area contributed by atoms with Crippen LogP contribution in [0.15, 0.2) is 60.7 Å². The Morgan fingerprint density at radius 1 is 0.635 bits per heavy atom. The summed E-state index contributed by atoms with van der Waals surface area (Å²) in [4.78, 5) is 37.1. The first-order valence-electron chi connectivity index (χ1n) is 23.0. The number of amides is 4. The lowest BCUT2D eigenvalue weighted by molar-refractivity contribution is 0.165. The van der Waals surface area contributed by atoms with Crippen molar-refractivity contribution in [2.75, 3.05) is 79.7 Å². The zero-order valence-electron chi connectivity index (χ0n) is 37.9. The lowest BCUT2D eigenvalue weighted by atomic mass is 9.86. The maximum atomic E-state index is 14.3.